The van der Waals surface area contributed by atoms with E-state index in [1.807, 2.05) is 17.8 Å². The minimum atomic E-state index is -0.333. The number of benzene rings is 1. The van der Waals surface area contributed by atoms with Gasteiger partial charge in [0.15, 0.2) is 0 Å². The molecule has 3 aliphatic rings. The Morgan fingerprint density at radius 2 is 2.19 bits per heavy atom. The van der Waals surface area contributed by atoms with Crippen LogP contribution >= 0.6 is 0 Å². The first-order valence-electron chi connectivity index (χ1n) is 9.13. The lowest BCUT2D eigenvalue weighted by molar-refractivity contribution is -0.119. The molecule has 0 spiro atoms. The molecule has 1 aromatic carbocycles. The molecule has 8 heteroatoms. The highest BCUT2D eigenvalue weighted by atomic mass is 16.6. The van der Waals surface area contributed by atoms with Gasteiger partial charge in [-0.3, -0.25) is 14.4 Å². The molecule has 2 aromatic rings. The van der Waals surface area contributed by atoms with Crippen LogP contribution in [0.2, 0.25) is 0 Å². The van der Waals surface area contributed by atoms with Gasteiger partial charge in [0, 0.05) is 38.0 Å². The summed E-state index contributed by atoms with van der Waals surface area (Å²) in [4.78, 5) is 27.6. The summed E-state index contributed by atoms with van der Waals surface area (Å²) in [6, 6.07) is 6.17. The average molecular weight is 367 g/mol. The molecule has 27 heavy (non-hydrogen) atoms. The SMILES string of the molecule is CC(=O)NCC1OC(=O)N2c3ccc(N4Cc5cn(C)nc5C4)cc3C[C@@H]12. The topological polar surface area (TPSA) is 79.7 Å². The molecule has 1 aromatic heterocycles. The number of aromatic nitrogens is 2. The third-order valence-electron chi connectivity index (χ3n) is 5.57. The lowest BCUT2D eigenvalue weighted by Gasteiger charge is -2.19. The quantitative estimate of drug-likeness (QED) is 0.885. The van der Waals surface area contributed by atoms with Crippen molar-refractivity contribution < 1.29 is 14.3 Å². The summed E-state index contributed by atoms with van der Waals surface area (Å²) in [5.41, 5.74) is 5.58. The molecule has 0 aliphatic carbocycles. The number of hydrogen-bond donors (Lipinski definition) is 1. The van der Waals surface area contributed by atoms with Crippen LogP contribution in [0.15, 0.2) is 24.4 Å². The van der Waals surface area contributed by atoms with E-state index in [0.717, 1.165) is 42.1 Å². The van der Waals surface area contributed by atoms with Crippen LogP contribution in [0.4, 0.5) is 16.2 Å². The fourth-order valence-electron chi connectivity index (χ4n) is 4.35. The molecule has 1 N–H and O–H groups in total. The highest BCUT2D eigenvalue weighted by Gasteiger charge is 2.47. The molecule has 2 amide bonds. The van der Waals surface area contributed by atoms with Crippen LogP contribution in [0.5, 0.6) is 0 Å². The Morgan fingerprint density at radius 3 is 2.96 bits per heavy atom. The Kier molecular flexibility index (Phi) is 3.43. The monoisotopic (exact) mass is 367 g/mol. The number of ether oxygens (including phenoxy) is 1. The summed E-state index contributed by atoms with van der Waals surface area (Å²) in [5, 5.41) is 7.27. The Morgan fingerprint density at radius 1 is 1.33 bits per heavy atom. The summed E-state index contributed by atoms with van der Waals surface area (Å²) in [6.45, 7) is 3.46. The van der Waals surface area contributed by atoms with Crippen molar-refractivity contribution in [3.05, 3.63) is 41.2 Å². The number of aryl methyl sites for hydroxylation is 1. The molecule has 3 aliphatic heterocycles. The molecule has 4 heterocycles. The third kappa shape index (κ3) is 2.55. The molecule has 1 saturated heterocycles. The summed E-state index contributed by atoms with van der Waals surface area (Å²) in [5.74, 6) is -0.121. The molecule has 8 nitrogen and oxygen atoms in total. The second-order valence-corrected chi connectivity index (χ2v) is 7.44. The van der Waals surface area contributed by atoms with Gasteiger partial charge in [-0.05, 0) is 30.2 Å². The van der Waals surface area contributed by atoms with Crippen molar-refractivity contribution in [2.45, 2.75) is 38.6 Å². The number of fused-ring (bicyclic) bond motifs is 4. The van der Waals surface area contributed by atoms with Crippen molar-refractivity contribution >= 4 is 23.4 Å². The number of amides is 2. The van der Waals surface area contributed by atoms with Crippen LogP contribution in [0.1, 0.15) is 23.7 Å². The number of anilines is 2. The van der Waals surface area contributed by atoms with E-state index >= 15 is 0 Å². The van der Waals surface area contributed by atoms with E-state index in [1.54, 1.807) is 4.90 Å². The summed E-state index contributed by atoms with van der Waals surface area (Å²) in [6.07, 6.45) is 2.15. The molecule has 1 unspecified atom stereocenters. The van der Waals surface area contributed by atoms with Crippen molar-refractivity contribution in [1.29, 1.82) is 0 Å². The number of rotatable bonds is 3. The number of nitrogens with one attached hydrogen (secondary N) is 1. The minimum absolute atomic E-state index is 0.0618. The van der Waals surface area contributed by atoms with Crippen molar-refractivity contribution in [3.63, 3.8) is 0 Å². The van der Waals surface area contributed by atoms with Gasteiger partial charge >= 0.3 is 6.09 Å². The first-order chi connectivity index (χ1) is 13.0. The van der Waals surface area contributed by atoms with Gasteiger partial charge in [-0.15, -0.1) is 0 Å². The Bertz CT molecular complexity index is 929. The molecule has 5 rings (SSSR count). The highest BCUT2D eigenvalue weighted by molar-refractivity contribution is 5.94. The maximum atomic E-state index is 12.3. The molecule has 140 valence electrons. The zero-order chi connectivity index (χ0) is 18.7. The van der Waals surface area contributed by atoms with Gasteiger partial charge in [0.25, 0.3) is 0 Å². The maximum absolute atomic E-state index is 12.3. The van der Waals surface area contributed by atoms with Gasteiger partial charge < -0.3 is 15.0 Å². The Balaban J connectivity index is 1.37. The number of carbonyl (C=O) groups excluding carboxylic acids is 2. The third-order valence-corrected chi connectivity index (χ3v) is 5.57. The minimum Gasteiger partial charge on any atom is -0.442 e. The Hall–Kier alpha value is -3.03. The predicted octanol–water partition coefficient (Wildman–Crippen LogP) is 1.33. The van der Waals surface area contributed by atoms with Crippen molar-refractivity contribution in [2.75, 3.05) is 16.3 Å². The first-order valence-corrected chi connectivity index (χ1v) is 9.13. The normalized spacial score (nSPS) is 22.5. The van der Waals surface area contributed by atoms with E-state index in [4.69, 9.17) is 4.74 Å². The lowest BCUT2D eigenvalue weighted by atomic mass is 10.0. The van der Waals surface area contributed by atoms with E-state index in [1.165, 1.54) is 12.5 Å². The summed E-state index contributed by atoms with van der Waals surface area (Å²) < 4.78 is 7.32. The second-order valence-electron chi connectivity index (χ2n) is 7.44. The van der Waals surface area contributed by atoms with Crippen LogP contribution in [0.3, 0.4) is 0 Å². The van der Waals surface area contributed by atoms with Crippen LogP contribution in [0.25, 0.3) is 0 Å². The van der Waals surface area contributed by atoms with Gasteiger partial charge in [-0.2, -0.15) is 5.10 Å². The highest BCUT2D eigenvalue weighted by Crippen LogP contribution is 2.41. The van der Waals surface area contributed by atoms with Gasteiger partial charge in [-0.1, -0.05) is 0 Å². The largest absolute Gasteiger partial charge is 0.442 e. The van der Waals surface area contributed by atoms with Crippen molar-refractivity contribution in [2.24, 2.45) is 7.05 Å². The predicted molar refractivity (Wildman–Crippen MR) is 98.5 cm³/mol. The van der Waals surface area contributed by atoms with E-state index in [2.05, 4.69) is 33.6 Å². The smallest absolute Gasteiger partial charge is 0.415 e. The van der Waals surface area contributed by atoms with E-state index < -0.39 is 0 Å². The van der Waals surface area contributed by atoms with Gasteiger partial charge in [-0.25, -0.2) is 4.79 Å². The van der Waals surface area contributed by atoms with E-state index in [-0.39, 0.29) is 24.1 Å². The van der Waals surface area contributed by atoms with Gasteiger partial charge in [0.2, 0.25) is 5.91 Å². The van der Waals surface area contributed by atoms with E-state index in [9.17, 15) is 9.59 Å². The van der Waals surface area contributed by atoms with Crippen LogP contribution in [0, 0.1) is 0 Å². The molecule has 0 radical (unpaired) electrons. The molecule has 1 fully saturated rings. The van der Waals surface area contributed by atoms with Crippen LogP contribution < -0.4 is 15.1 Å². The summed E-state index contributed by atoms with van der Waals surface area (Å²) in [7, 11) is 1.95. The fourth-order valence-corrected chi connectivity index (χ4v) is 4.35. The van der Waals surface area contributed by atoms with E-state index in [0.29, 0.717) is 6.54 Å². The average Bonchev–Trinajstić information content (AvgIpc) is 3.32. The molecule has 2 atom stereocenters. The number of cyclic esters (lactones) is 1. The number of nitrogens with zero attached hydrogens (tertiary/aromatic N) is 4. The van der Waals surface area contributed by atoms with Crippen LogP contribution in [-0.4, -0.2) is 40.5 Å². The Labute approximate surface area is 156 Å². The molecular formula is C19H21N5O3. The van der Waals surface area contributed by atoms with Gasteiger partial charge in [0.05, 0.1) is 30.5 Å². The zero-order valence-electron chi connectivity index (χ0n) is 15.3. The maximum Gasteiger partial charge on any atom is 0.415 e. The van der Waals surface area contributed by atoms with Gasteiger partial charge in [0.1, 0.15) is 6.10 Å². The van der Waals surface area contributed by atoms with Crippen molar-refractivity contribution in [3.8, 4) is 0 Å². The summed E-state index contributed by atoms with van der Waals surface area (Å²) >= 11 is 0. The lowest BCUT2D eigenvalue weighted by Crippen LogP contribution is -2.40. The fraction of sp³-hybridized carbons (Fsp3) is 0.421. The molecular weight excluding hydrogens is 346 g/mol. The standard InChI is InChI=1S/C19H21N5O3/c1-11(25)20-7-18-17-6-12-5-14(3-4-16(12)24(17)19(26)27-18)23-9-13-8-22(2)21-15(13)10-23/h3-5,8,17-18H,6-7,9-10H2,1-2H3,(H,20,25)/t17-,18?/m0/s1. The second kappa shape index (κ2) is 5.73. The zero-order valence-corrected chi connectivity index (χ0v) is 15.3. The van der Waals surface area contributed by atoms with Crippen molar-refractivity contribution in [1.82, 2.24) is 15.1 Å². The molecule has 0 bridgehead atoms. The number of carbonyl (C=O) groups is 2. The first kappa shape index (κ1) is 16.2. The molecule has 0 saturated carbocycles. The van der Waals surface area contributed by atoms with Crippen LogP contribution in [-0.2, 0) is 36.1 Å². The number of hydrogen-bond acceptors (Lipinski definition) is 5.